The lowest BCUT2D eigenvalue weighted by atomic mass is 9.93. The van der Waals surface area contributed by atoms with Crippen molar-refractivity contribution in [2.75, 3.05) is 19.7 Å². The molecule has 0 bridgehead atoms. The molecule has 1 aliphatic heterocycles. The first kappa shape index (κ1) is 13.0. The molecular formula is C13H18N2O3. The van der Waals surface area contributed by atoms with Gasteiger partial charge in [0, 0.05) is 12.2 Å². The molecule has 2 heterocycles. The van der Waals surface area contributed by atoms with E-state index in [1.54, 1.807) is 17.0 Å². The highest BCUT2D eigenvalue weighted by atomic mass is 16.3. The van der Waals surface area contributed by atoms with Gasteiger partial charge in [-0.2, -0.15) is 0 Å². The number of carbonyl (C=O) groups is 1. The summed E-state index contributed by atoms with van der Waals surface area (Å²) in [5, 5.41) is 19.2. The van der Waals surface area contributed by atoms with Gasteiger partial charge in [-0.25, -0.2) is 4.98 Å². The Morgan fingerprint density at radius 3 is 3.00 bits per heavy atom. The van der Waals surface area contributed by atoms with Crippen LogP contribution in [-0.4, -0.2) is 51.3 Å². The average Bonchev–Trinajstić information content (AvgIpc) is 2.38. The number of rotatable bonds is 2. The minimum atomic E-state index is -1.17. The maximum Gasteiger partial charge on any atom is 0.272 e. The van der Waals surface area contributed by atoms with Crippen molar-refractivity contribution < 1.29 is 15.0 Å². The predicted octanol–water partition coefficient (Wildman–Crippen LogP) is 0.349. The standard InChI is InChI=1S/C13H18N2O3/c1-10-4-2-5-11(14-10)12(17)15-7-3-6-13(18,8-15)9-16/h2,4-5,16,18H,3,6-9H2,1H3. The highest BCUT2D eigenvalue weighted by Crippen LogP contribution is 2.21. The fraction of sp³-hybridized carbons (Fsp3) is 0.538. The lowest BCUT2D eigenvalue weighted by Gasteiger charge is -2.37. The van der Waals surface area contributed by atoms with E-state index in [-0.39, 0.29) is 19.1 Å². The van der Waals surface area contributed by atoms with Gasteiger partial charge in [0.2, 0.25) is 0 Å². The van der Waals surface area contributed by atoms with Crippen molar-refractivity contribution in [2.24, 2.45) is 0 Å². The monoisotopic (exact) mass is 250 g/mol. The zero-order chi connectivity index (χ0) is 13.2. The van der Waals surface area contributed by atoms with Crippen LogP contribution in [0.1, 0.15) is 29.0 Å². The van der Waals surface area contributed by atoms with Crippen LogP contribution in [0, 0.1) is 6.92 Å². The molecule has 1 aliphatic rings. The number of likely N-dealkylation sites (tertiary alicyclic amines) is 1. The number of aliphatic hydroxyl groups excluding tert-OH is 1. The summed E-state index contributed by atoms with van der Waals surface area (Å²) in [5.74, 6) is -0.190. The molecule has 0 radical (unpaired) electrons. The van der Waals surface area contributed by atoms with Crippen LogP contribution in [0.15, 0.2) is 18.2 Å². The van der Waals surface area contributed by atoms with Crippen molar-refractivity contribution in [2.45, 2.75) is 25.4 Å². The molecule has 1 saturated heterocycles. The Kier molecular flexibility index (Phi) is 3.63. The SMILES string of the molecule is Cc1cccc(C(=O)N2CCCC(O)(CO)C2)n1. The van der Waals surface area contributed by atoms with Crippen molar-refractivity contribution in [3.8, 4) is 0 Å². The van der Waals surface area contributed by atoms with Crippen molar-refractivity contribution in [1.29, 1.82) is 0 Å². The third-order valence-corrected chi connectivity index (χ3v) is 3.24. The lowest BCUT2D eigenvalue weighted by Crippen LogP contribution is -2.52. The minimum Gasteiger partial charge on any atom is -0.393 e. The number of nitrogens with zero attached hydrogens (tertiary/aromatic N) is 2. The summed E-state index contributed by atoms with van der Waals surface area (Å²) in [6.07, 6.45) is 1.21. The van der Waals surface area contributed by atoms with E-state index in [1.807, 2.05) is 13.0 Å². The summed E-state index contributed by atoms with van der Waals surface area (Å²) in [6.45, 7) is 2.27. The number of hydrogen-bond acceptors (Lipinski definition) is 4. The maximum atomic E-state index is 12.2. The van der Waals surface area contributed by atoms with E-state index >= 15 is 0 Å². The number of pyridine rings is 1. The third kappa shape index (κ3) is 2.68. The molecule has 1 atom stereocenters. The van der Waals surface area contributed by atoms with Crippen LogP contribution in [0.25, 0.3) is 0 Å². The average molecular weight is 250 g/mol. The molecule has 1 aromatic rings. The fourth-order valence-corrected chi connectivity index (χ4v) is 2.24. The van der Waals surface area contributed by atoms with Crippen molar-refractivity contribution in [3.63, 3.8) is 0 Å². The molecule has 2 rings (SSSR count). The first-order chi connectivity index (χ1) is 8.54. The Labute approximate surface area is 106 Å². The smallest absolute Gasteiger partial charge is 0.272 e. The number of hydrogen-bond donors (Lipinski definition) is 2. The van der Waals surface area contributed by atoms with Gasteiger partial charge >= 0.3 is 0 Å². The fourth-order valence-electron chi connectivity index (χ4n) is 2.24. The molecule has 98 valence electrons. The Bertz CT molecular complexity index is 450. The van der Waals surface area contributed by atoms with Crippen LogP contribution in [0.4, 0.5) is 0 Å². The highest BCUT2D eigenvalue weighted by molar-refractivity contribution is 5.92. The predicted molar refractivity (Wildman–Crippen MR) is 66.1 cm³/mol. The highest BCUT2D eigenvalue weighted by Gasteiger charge is 2.35. The third-order valence-electron chi connectivity index (χ3n) is 3.24. The molecule has 0 spiro atoms. The molecular weight excluding hydrogens is 232 g/mol. The minimum absolute atomic E-state index is 0.165. The van der Waals surface area contributed by atoms with Crippen LogP contribution in [0.5, 0.6) is 0 Å². The van der Waals surface area contributed by atoms with E-state index < -0.39 is 5.60 Å². The zero-order valence-electron chi connectivity index (χ0n) is 10.5. The van der Waals surface area contributed by atoms with Gasteiger partial charge in [0.15, 0.2) is 0 Å². The second kappa shape index (κ2) is 5.04. The van der Waals surface area contributed by atoms with E-state index in [0.29, 0.717) is 25.1 Å². The Morgan fingerprint density at radius 2 is 2.33 bits per heavy atom. The first-order valence-electron chi connectivity index (χ1n) is 6.10. The van der Waals surface area contributed by atoms with E-state index in [2.05, 4.69) is 4.98 Å². The Hall–Kier alpha value is -1.46. The molecule has 5 heteroatoms. The van der Waals surface area contributed by atoms with E-state index in [0.717, 1.165) is 5.69 Å². The number of amides is 1. The summed E-state index contributed by atoms with van der Waals surface area (Å²) in [7, 11) is 0. The number of piperidine rings is 1. The van der Waals surface area contributed by atoms with Crippen LogP contribution >= 0.6 is 0 Å². The number of β-amino-alcohol motifs (C(OH)–C–C–N with tert-alkyl or cyclic N) is 1. The van der Waals surface area contributed by atoms with Gasteiger partial charge in [-0.05, 0) is 31.9 Å². The number of aromatic nitrogens is 1. The van der Waals surface area contributed by atoms with Gasteiger partial charge in [0.25, 0.3) is 5.91 Å². The van der Waals surface area contributed by atoms with Crippen molar-refractivity contribution in [1.82, 2.24) is 9.88 Å². The zero-order valence-corrected chi connectivity index (χ0v) is 10.5. The summed E-state index contributed by atoms with van der Waals surface area (Å²) < 4.78 is 0. The Balaban J connectivity index is 2.14. The number of carbonyl (C=O) groups excluding carboxylic acids is 1. The molecule has 0 aromatic carbocycles. The van der Waals surface area contributed by atoms with E-state index in [4.69, 9.17) is 5.11 Å². The van der Waals surface area contributed by atoms with Crippen LogP contribution in [0.2, 0.25) is 0 Å². The quantitative estimate of drug-likeness (QED) is 0.794. The van der Waals surface area contributed by atoms with Crippen molar-refractivity contribution >= 4 is 5.91 Å². The second-order valence-electron chi connectivity index (χ2n) is 4.88. The molecule has 1 unspecified atom stereocenters. The topological polar surface area (TPSA) is 73.7 Å². The maximum absolute atomic E-state index is 12.2. The van der Waals surface area contributed by atoms with Crippen LogP contribution < -0.4 is 0 Å². The van der Waals surface area contributed by atoms with Crippen LogP contribution in [0.3, 0.4) is 0 Å². The Morgan fingerprint density at radius 1 is 1.56 bits per heavy atom. The molecule has 1 aromatic heterocycles. The lowest BCUT2D eigenvalue weighted by molar-refractivity contribution is -0.0599. The first-order valence-corrected chi connectivity index (χ1v) is 6.10. The summed E-state index contributed by atoms with van der Waals surface area (Å²) in [6, 6.07) is 5.29. The number of aliphatic hydroxyl groups is 2. The molecule has 18 heavy (non-hydrogen) atoms. The number of aryl methyl sites for hydroxylation is 1. The molecule has 5 nitrogen and oxygen atoms in total. The molecule has 0 aliphatic carbocycles. The second-order valence-corrected chi connectivity index (χ2v) is 4.88. The summed E-state index contributed by atoms with van der Waals surface area (Å²) in [5.41, 5.74) is 0.00467. The van der Waals surface area contributed by atoms with Gasteiger partial charge in [-0.15, -0.1) is 0 Å². The van der Waals surface area contributed by atoms with E-state index in [9.17, 15) is 9.90 Å². The largest absolute Gasteiger partial charge is 0.393 e. The van der Waals surface area contributed by atoms with Gasteiger partial charge in [-0.3, -0.25) is 4.79 Å². The van der Waals surface area contributed by atoms with Gasteiger partial charge in [-0.1, -0.05) is 6.07 Å². The summed E-state index contributed by atoms with van der Waals surface area (Å²) >= 11 is 0. The molecule has 1 fully saturated rings. The normalized spacial score (nSPS) is 24.1. The molecule has 1 amide bonds. The van der Waals surface area contributed by atoms with Gasteiger partial charge < -0.3 is 15.1 Å². The van der Waals surface area contributed by atoms with Gasteiger partial charge in [0.05, 0.1) is 13.2 Å². The van der Waals surface area contributed by atoms with Crippen molar-refractivity contribution in [3.05, 3.63) is 29.6 Å². The van der Waals surface area contributed by atoms with Crippen LogP contribution in [-0.2, 0) is 0 Å². The van der Waals surface area contributed by atoms with E-state index in [1.165, 1.54) is 0 Å². The summed E-state index contributed by atoms with van der Waals surface area (Å²) in [4.78, 5) is 18.0. The van der Waals surface area contributed by atoms with Gasteiger partial charge in [0.1, 0.15) is 11.3 Å². The molecule has 0 saturated carbocycles. The molecule has 2 N–H and O–H groups in total.